The van der Waals surface area contributed by atoms with Crippen molar-refractivity contribution in [2.24, 2.45) is 0 Å². The molecule has 2 aromatic rings. The van der Waals surface area contributed by atoms with Crippen LogP contribution in [0.4, 0.5) is 0 Å². The summed E-state index contributed by atoms with van der Waals surface area (Å²) in [6, 6.07) is 6.98. The van der Waals surface area contributed by atoms with Crippen molar-refractivity contribution in [1.29, 1.82) is 0 Å². The van der Waals surface area contributed by atoms with Gasteiger partial charge in [0, 0.05) is 12.2 Å². The Balaban J connectivity index is 1.64. The minimum atomic E-state index is -2.54. The maximum Gasteiger partial charge on any atom is 0.331 e. The molecule has 2 aliphatic rings. The average molecular weight is 725 g/mol. The van der Waals surface area contributed by atoms with Crippen LogP contribution >= 0.6 is 0 Å². The first kappa shape index (κ1) is 39.3. The maximum atomic E-state index is 13.1. The summed E-state index contributed by atoms with van der Waals surface area (Å²) in [5.41, 5.74) is 0.731. The second kappa shape index (κ2) is 17.1. The molecule has 18 heteroatoms. The number of aliphatic hydroxyl groups excluding tert-OH is 6. The minimum absolute atomic E-state index is 0.0425. The molecule has 4 rings (SSSR count). The molecule has 2 saturated heterocycles. The molecule has 0 aromatic heterocycles. The summed E-state index contributed by atoms with van der Waals surface area (Å²) >= 11 is 0. The Kier molecular flexibility index (Phi) is 13.2. The van der Waals surface area contributed by atoms with E-state index in [9.17, 15) is 50.4 Å². The largest absolute Gasteiger partial charge is 0.504 e. The highest BCUT2D eigenvalue weighted by atomic mass is 16.8. The highest BCUT2D eigenvalue weighted by Gasteiger charge is 2.61. The normalized spacial score (nSPS) is 29.3. The van der Waals surface area contributed by atoms with Crippen molar-refractivity contribution in [3.05, 3.63) is 53.6 Å². The summed E-state index contributed by atoms with van der Waals surface area (Å²) in [4.78, 5) is 26.0. The molecule has 2 aliphatic heterocycles. The van der Waals surface area contributed by atoms with Gasteiger partial charge in [0.25, 0.3) is 0 Å². The number of phenolic OH excluding ortho intramolecular Hbond substituents is 2. The Morgan fingerprint density at radius 3 is 1.96 bits per heavy atom. The predicted molar refractivity (Wildman–Crippen MR) is 170 cm³/mol. The number of aliphatic hydroxyl groups is 6. The van der Waals surface area contributed by atoms with Gasteiger partial charge in [-0.3, -0.25) is 0 Å². The number of methoxy groups -OCH3 is 3. The molecule has 0 radical (unpaired) electrons. The fourth-order valence-electron chi connectivity index (χ4n) is 5.28. The fourth-order valence-corrected chi connectivity index (χ4v) is 5.28. The Bertz CT molecular complexity index is 1550. The van der Waals surface area contributed by atoms with Crippen LogP contribution < -0.4 is 14.2 Å². The average Bonchev–Trinajstić information content (AvgIpc) is 3.39. The number of hydrogen-bond donors (Lipinski definition) is 8. The SMILES string of the molecule is COc1cc(/C=C/C(=O)O[C@H]2[C@@H](O)[C@H](CO)O[C@@]2(COC(=O)/C=C/c2cc(OC)c(O)c(OC)c2)O[C@H]2O[C@H](CO)[C@@H](O)[C@@H](O)[C@H]2O)ccc1O. The summed E-state index contributed by atoms with van der Waals surface area (Å²) in [5.74, 6) is -4.92. The lowest BCUT2D eigenvalue weighted by Crippen LogP contribution is -2.63. The molecule has 18 nitrogen and oxygen atoms in total. The molecule has 280 valence electrons. The number of ether oxygens (including phenoxy) is 8. The predicted octanol–water partition coefficient (Wildman–Crippen LogP) is -1.43. The number of benzene rings is 2. The van der Waals surface area contributed by atoms with Crippen molar-refractivity contribution in [3.8, 4) is 28.7 Å². The van der Waals surface area contributed by atoms with Gasteiger partial charge in [-0.1, -0.05) is 6.07 Å². The van der Waals surface area contributed by atoms with Crippen molar-refractivity contribution in [2.45, 2.75) is 54.8 Å². The van der Waals surface area contributed by atoms with Crippen LogP contribution in [0.15, 0.2) is 42.5 Å². The lowest BCUT2D eigenvalue weighted by atomic mass is 9.99. The molecule has 2 aromatic carbocycles. The van der Waals surface area contributed by atoms with Crippen LogP contribution in [0.5, 0.6) is 28.7 Å². The number of esters is 2. The van der Waals surface area contributed by atoms with E-state index in [1.165, 1.54) is 63.8 Å². The lowest BCUT2D eigenvalue weighted by molar-refractivity contribution is -0.383. The Hall–Kier alpha value is -4.50. The monoisotopic (exact) mass is 724 g/mol. The van der Waals surface area contributed by atoms with Crippen molar-refractivity contribution < 1.29 is 88.3 Å². The zero-order chi connectivity index (χ0) is 37.5. The van der Waals surface area contributed by atoms with Crippen LogP contribution in [0.2, 0.25) is 0 Å². The van der Waals surface area contributed by atoms with Gasteiger partial charge in [0.2, 0.25) is 11.5 Å². The summed E-state index contributed by atoms with van der Waals surface area (Å²) in [7, 11) is 3.95. The molecule has 2 heterocycles. The summed E-state index contributed by atoms with van der Waals surface area (Å²) < 4.78 is 43.2. The zero-order valence-corrected chi connectivity index (χ0v) is 27.6. The van der Waals surface area contributed by atoms with E-state index in [2.05, 4.69) is 0 Å². The van der Waals surface area contributed by atoms with Gasteiger partial charge in [0.1, 0.15) is 43.2 Å². The molecule has 0 unspecified atom stereocenters. The molecule has 2 fully saturated rings. The molecular weight excluding hydrogens is 684 g/mol. The third kappa shape index (κ3) is 8.87. The molecule has 0 spiro atoms. The van der Waals surface area contributed by atoms with Crippen LogP contribution in [-0.4, -0.2) is 149 Å². The molecule has 0 bridgehead atoms. The van der Waals surface area contributed by atoms with E-state index in [0.717, 1.165) is 12.2 Å². The Morgan fingerprint density at radius 2 is 1.35 bits per heavy atom. The second-order valence-electron chi connectivity index (χ2n) is 11.3. The standard InChI is InChI=1S/C33H40O18/c1-44-19-10-16(4-7-18(19)36)5-9-25(38)49-31-28(41)23(14-35)50-33(31,51-32-30(43)29(42)27(40)22(13-34)48-32)15-47-24(37)8-6-17-11-20(45-2)26(39)21(12-17)46-3/h4-12,22-23,27-32,34-36,39-43H,13-15H2,1-3H3/b8-6+,9-5+/t22-,23+,27-,28+,29-,30-,31+,32-,33+/m1/s1. The second-order valence-corrected chi connectivity index (χ2v) is 11.3. The van der Waals surface area contributed by atoms with Gasteiger partial charge >= 0.3 is 11.9 Å². The van der Waals surface area contributed by atoms with E-state index in [1.54, 1.807) is 0 Å². The quantitative estimate of drug-likeness (QED) is 0.0819. The molecule has 0 amide bonds. The smallest absolute Gasteiger partial charge is 0.331 e. The van der Waals surface area contributed by atoms with Gasteiger partial charge in [0.05, 0.1) is 34.5 Å². The number of phenols is 2. The Morgan fingerprint density at radius 1 is 0.765 bits per heavy atom. The van der Waals surface area contributed by atoms with Crippen molar-refractivity contribution in [3.63, 3.8) is 0 Å². The summed E-state index contributed by atoms with van der Waals surface area (Å²) in [5, 5.41) is 82.1. The molecule has 51 heavy (non-hydrogen) atoms. The van der Waals surface area contributed by atoms with E-state index in [4.69, 9.17) is 37.9 Å². The van der Waals surface area contributed by atoms with E-state index in [0.29, 0.717) is 11.1 Å². The van der Waals surface area contributed by atoms with Gasteiger partial charge in [-0.25, -0.2) is 9.59 Å². The van der Waals surface area contributed by atoms with Gasteiger partial charge < -0.3 is 78.7 Å². The molecule has 9 atom stereocenters. The van der Waals surface area contributed by atoms with Crippen LogP contribution in [0.25, 0.3) is 12.2 Å². The third-order valence-corrected chi connectivity index (χ3v) is 8.01. The van der Waals surface area contributed by atoms with Gasteiger partial charge in [-0.05, 0) is 47.5 Å². The Labute approximate surface area is 290 Å². The third-order valence-electron chi connectivity index (χ3n) is 8.01. The van der Waals surface area contributed by atoms with Crippen LogP contribution in [-0.2, 0) is 33.3 Å². The number of aromatic hydroxyl groups is 2. The highest BCUT2D eigenvalue weighted by molar-refractivity contribution is 5.88. The van der Waals surface area contributed by atoms with Crippen molar-refractivity contribution in [2.75, 3.05) is 41.2 Å². The topological polar surface area (TPSA) is 270 Å². The number of rotatable bonds is 14. The highest BCUT2D eigenvalue weighted by Crippen LogP contribution is 2.40. The summed E-state index contributed by atoms with van der Waals surface area (Å²) in [6.45, 7) is -2.69. The molecule has 0 aliphatic carbocycles. The molecule has 0 saturated carbocycles. The number of carbonyl (C=O) groups is 2. The van der Waals surface area contributed by atoms with Crippen molar-refractivity contribution >= 4 is 24.1 Å². The first-order valence-electron chi connectivity index (χ1n) is 15.3. The number of hydrogen-bond acceptors (Lipinski definition) is 18. The van der Waals surface area contributed by atoms with Crippen LogP contribution in [0, 0.1) is 0 Å². The first-order chi connectivity index (χ1) is 24.3. The van der Waals surface area contributed by atoms with E-state index >= 15 is 0 Å². The fraction of sp³-hybridized carbons (Fsp3) is 0.455. The van der Waals surface area contributed by atoms with Crippen LogP contribution in [0.1, 0.15) is 11.1 Å². The minimum Gasteiger partial charge on any atom is -0.504 e. The van der Waals surface area contributed by atoms with E-state index in [1.807, 2.05) is 0 Å². The number of carbonyl (C=O) groups excluding carboxylic acids is 2. The molecular formula is C33H40O18. The lowest BCUT2D eigenvalue weighted by Gasteiger charge is -2.43. The van der Waals surface area contributed by atoms with Gasteiger partial charge in [-0.15, -0.1) is 0 Å². The van der Waals surface area contributed by atoms with E-state index in [-0.39, 0.29) is 28.7 Å². The zero-order valence-electron chi connectivity index (χ0n) is 27.6. The van der Waals surface area contributed by atoms with Gasteiger partial charge in [0.15, 0.2) is 35.4 Å². The first-order valence-corrected chi connectivity index (χ1v) is 15.3. The molecule has 8 N–H and O–H groups in total. The van der Waals surface area contributed by atoms with E-state index < -0.39 is 86.6 Å². The summed E-state index contributed by atoms with van der Waals surface area (Å²) in [6.07, 6.45) is -9.92. The maximum absolute atomic E-state index is 13.1. The van der Waals surface area contributed by atoms with Crippen molar-refractivity contribution in [1.82, 2.24) is 0 Å². The van der Waals surface area contributed by atoms with Gasteiger partial charge in [-0.2, -0.15) is 0 Å². The van der Waals surface area contributed by atoms with Crippen LogP contribution in [0.3, 0.4) is 0 Å².